The molecule has 0 aliphatic heterocycles. The summed E-state index contributed by atoms with van der Waals surface area (Å²) in [6.45, 7) is 0. The van der Waals surface area contributed by atoms with Crippen molar-refractivity contribution >= 4 is 23.8 Å². The number of primary amides is 1. The summed E-state index contributed by atoms with van der Waals surface area (Å²) in [4.78, 5) is 33.3. The van der Waals surface area contributed by atoms with Crippen molar-refractivity contribution in [3.05, 3.63) is 60.6 Å². The second-order valence-corrected chi connectivity index (χ2v) is 4.85. The minimum absolute atomic E-state index is 0.00651. The van der Waals surface area contributed by atoms with Gasteiger partial charge in [-0.2, -0.15) is 14.8 Å². The number of carbonyl (C=O) groups is 2. The molecule has 3 aromatic rings. The van der Waals surface area contributed by atoms with Gasteiger partial charge in [0.05, 0.1) is 12.8 Å². The predicted molar refractivity (Wildman–Crippen MR) is 88.7 cm³/mol. The fourth-order valence-electron chi connectivity index (χ4n) is 2.28. The van der Waals surface area contributed by atoms with E-state index < -0.39 is 12.0 Å². The number of pyridine rings is 1. The molecule has 2 amide bonds. The van der Waals surface area contributed by atoms with E-state index in [2.05, 4.69) is 15.1 Å². The third-order valence-corrected chi connectivity index (χ3v) is 3.35. The van der Waals surface area contributed by atoms with Crippen LogP contribution < -0.4 is 10.6 Å². The summed E-state index contributed by atoms with van der Waals surface area (Å²) in [6.07, 6.45) is 2.71. The molecule has 0 saturated carbocycles. The number of para-hydroxylation sites is 1. The first kappa shape index (κ1) is 16.1. The van der Waals surface area contributed by atoms with Crippen molar-refractivity contribution in [3.63, 3.8) is 0 Å². The maximum absolute atomic E-state index is 12.1. The number of anilines is 2. The van der Waals surface area contributed by atoms with Crippen molar-refractivity contribution < 1.29 is 14.3 Å². The second-order valence-electron chi connectivity index (χ2n) is 4.85. The third-order valence-electron chi connectivity index (χ3n) is 3.35. The normalized spacial score (nSPS) is 10.3. The lowest BCUT2D eigenvalue weighted by atomic mass is 10.2. The molecule has 0 fully saturated rings. The minimum Gasteiger partial charge on any atom is -0.465 e. The average Bonchev–Trinajstić information content (AvgIpc) is 3.11. The zero-order valence-corrected chi connectivity index (χ0v) is 13.2. The van der Waals surface area contributed by atoms with Gasteiger partial charge in [0.15, 0.2) is 5.82 Å². The number of nitrogens with two attached hydrogens (primary N) is 1. The molecule has 0 saturated heterocycles. The van der Waals surface area contributed by atoms with Crippen molar-refractivity contribution in [1.82, 2.24) is 19.7 Å². The summed E-state index contributed by atoms with van der Waals surface area (Å²) in [6, 6.07) is 11.2. The quantitative estimate of drug-likeness (QED) is 0.723. The molecule has 126 valence electrons. The lowest BCUT2D eigenvalue weighted by Gasteiger charge is -2.20. The number of ether oxygens (including phenoxy) is 1. The smallest absolute Gasteiger partial charge is 0.341 e. The first-order chi connectivity index (χ1) is 12.1. The molecular weight excluding hydrogens is 324 g/mol. The summed E-state index contributed by atoms with van der Waals surface area (Å²) in [5, 5.41) is 4.12. The summed E-state index contributed by atoms with van der Waals surface area (Å²) in [7, 11) is 1.24. The van der Waals surface area contributed by atoms with Gasteiger partial charge in [-0.05, 0) is 24.3 Å². The Morgan fingerprint density at radius 1 is 1.12 bits per heavy atom. The highest BCUT2D eigenvalue weighted by Crippen LogP contribution is 2.26. The van der Waals surface area contributed by atoms with Crippen LogP contribution in [0.1, 0.15) is 10.4 Å². The monoisotopic (exact) mass is 338 g/mol. The number of esters is 1. The number of hydrogen-bond donors (Lipinski definition) is 1. The number of rotatable bonds is 4. The Kier molecular flexibility index (Phi) is 4.38. The molecular formula is C16H14N6O3. The number of aromatic nitrogens is 4. The highest BCUT2D eigenvalue weighted by Gasteiger charge is 2.27. The number of hydrogen-bond acceptors (Lipinski definition) is 6. The van der Waals surface area contributed by atoms with Crippen molar-refractivity contribution in [2.24, 2.45) is 5.73 Å². The lowest BCUT2D eigenvalue weighted by Crippen LogP contribution is -2.35. The maximum atomic E-state index is 12.1. The third kappa shape index (κ3) is 3.02. The molecule has 25 heavy (non-hydrogen) atoms. The van der Waals surface area contributed by atoms with Gasteiger partial charge in [-0.15, -0.1) is 0 Å². The molecule has 3 rings (SSSR count). The maximum Gasteiger partial charge on any atom is 0.341 e. The summed E-state index contributed by atoms with van der Waals surface area (Å²) >= 11 is 0. The summed E-state index contributed by atoms with van der Waals surface area (Å²) < 4.78 is 6.16. The van der Waals surface area contributed by atoms with E-state index in [4.69, 9.17) is 10.5 Å². The Balaban J connectivity index is 2.16. The van der Waals surface area contributed by atoms with Gasteiger partial charge in [0.2, 0.25) is 5.95 Å². The van der Waals surface area contributed by atoms with Gasteiger partial charge in [0.1, 0.15) is 11.9 Å². The molecule has 0 bridgehead atoms. The van der Waals surface area contributed by atoms with Gasteiger partial charge < -0.3 is 10.5 Å². The first-order valence-electron chi connectivity index (χ1n) is 7.22. The van der Waals surface area contributed by atoms with Crippen molar-refractivity contribution in [1.29, 1.82) is 0 Å². The Morgan fingerprint density at radius 2 is 1.88 bits per heavy atom. The molecule has 2 aromatic heterocycles. The van der Waals surface area contributed by atoms with Crippen LogP contribution in [0.2, 0.25) is 0 Å². The van der Waals surface area contributed by atoms with E-state index in [9.17, 15) is 9.59 Å². The molecule has 0 aliphatic rings. The van der Waals surface area contributed by atoms with Crippen LogP contribution in [0, 0.1) is 0 Å². The van der Waals surface area contributed by atoms with Crippen LogP contribution in [0.5, 0.6) is 0 Å². The minimum atomic E-state index is -0.867. The molecule has 2 N–H and O–H groups in total. The molecule has 2 heterocycles. The summed E-state index contributed by atoms with van der Waals surface area (Å²) in [5.74, 6) is -0.547. The molecule has 0 atom stereocenters. The zero-order chi connectivity index (χ0) is 17.8. The molecule has 0 spiro atoms. The Bertz CT molecular complexity index is 909. The topological polar surface area (TPSA) is 116 Å². The van der Waals surface area contributed by atoms with E-state index >= 15 is 0 Å². The second kappa shape index (κ2) is 6.79. The largest absolute Gasteiger partial charge is 0.465 e. The van der Waals surface area contributed by atoms with E-state index in [0.29, 0.717) is 5.69 Å². The molecule has 1 aromatic carbocycles. The van der Waals surface area contributed by atoms with Crippen LogP contribution in [0.15, 0.2) is 55.0 Å². The van der Waals surface area contributed by atoms with Crippen molar-refractivity contribution in [2.45, 2.75) is 0 Å². The van der Waals surface area contributed by atoms with E-state index in [1.807, 2.05) is 18.2 Å². The Hall–Kier alpha value is -3.75. The number of carbonyl (C=O) groups excluding carboxylic acids is 2. The van der Waals surface area contributed by atoms with E-state index in [0.717, 1.165) is 4.90 Å². The molecule has 9 heteroatoms. The van der Waals surface area contributed by atoms with Crippen LogP contribution >= 0.6 is 0 Å². The van der Waals surface area contributed by atoms with E-state index in [1.54, 1.807) is 18.2 Å². The zero-order valence-electron chi connectivity index (χ0n) is 13.2. The van der Waals surface area contributed by atoms with E-state index in [-0.39, 0.29) is 17.3 Å². The lowest BCUT2D eigenvalue weighted by molar-refractivity contribution is 0.0601. The van der Waals surface area contributed by atoms with Crippen molar-refractivity contribution in [2.75, 3.05) is 12.0 Å². The fourth-order valence-corrected chi connectivity index (χ4v) is 2.28. The number of benzene rings is 1. The molecule has 0 aliphatic carbocycles. The number of urea groups is 1. The molecule has 0 unspecified atom stereocenters. The van der Waals surface area contributed by atoms with Gasteiger partial charge in [-0.25, -0.2) is 19.5 Å². The fraction of sp³-hybridized carbons (Fsp3) is 0.0625. The number of amides is 2. The standard InChI is InChI=1S/C16H14N6O3/c1-25-14(23)12-8-5-9-18-13(12)21(15(17)24)16-19-10-20-22(16)11-6-3-2-4-7-11/h2-10H,1H3,(H2,17,24). The average molecular weight is 338 g/mol. The SMILES string of the molecule is COC(=O)c1cccnc1N(C(N)=O)c1ncnn1-c1ccccc1. The molecule has 9 nitrogen and oxygen atoms in total. The van der Waals surface area contributed by atoms with Gasteiger partial charge in [-0.3, -0.25) is 0 Å². The van der Waals surface area contributed by atoms with E-state index in [1.165, 1.54) is 30.4 Å². The number of nitrogens with zero attached hydrogens (tertiary/aromatic N) is 5. The van der Waals surface area contributed by atoms with Crippen LogP contribution in [0.3, 0.4) is 0 Å². The Morgan fingerprint density at radius 3 is 2.56 bits per heavy atom. The van der Waals surface area contributed by atoms with Crippen LogP contribution in [-0.2, 0) is 4.74 Å². The molecule has 0 radical (unpaired) electrons. The Labute approximate surface area is 142 Å². The van der Waals surface area contributed by atoms with Gasteiger partial charge in [0, 0.05) is 6.20 Å². The highest BCUT2D eigenvalue weighted by atomic mass is 16.5. The van der Waals surface area contributed by atoms with Gasteiger partial charge >= 0.3 is 12.0 Å². The van der Waals surface area contributed by atoms with Crippen molar-refractivity contribution in [3.8, 4) is 5.69 Å². The highest BCUT2D eigenvalue weighted by molar-refractivity contribution is 6.03. The van der Waals surface area contributed by atoms with Gasteiger partial charge in [-0.1, -0.05) is 18.2 Å². The number of methoxy groups -OCH3 is 1. The first-order valence-corrected chi connectivity index (χ1v) is 7.22. The van der Waals surface area contributed by atoms with Crippen LogP contribution in [0.25, 0.3) is 5.69 Å². The van der Waals surface area contributed by atoms with Crippen LogP contribution in [-0.4, -0.2) is 38.9 Å². The predicted octanol–water partition coefficient (Wildman–Crippen LogP) is 1.67. The summed E-state index contributed by atoms with van der Waals surface area (Å²) in [5.41, 5.74) is 6.27. The van der Waals surface area contributed by atoms with Gasteiger partial charge in [0.25, 0.3) is 0 Å². The van der Waals surface area contributed by atoms with Crippen LogP contribution in [0.4, 0.5) is 16.6 Å².